The normalized spacial score (nSPS) is 14.1. The van der Waals surface area contributed by atoms with Crippen LogP contribution in [-0.2, 0) is 9.84 Å². The molecule has 0 saturated carbocycles. The summed E-state index contributed by atoms with van der Waals surface area (Å²) in [6.07, 6.45) is 1.12. The third-order valence-corrected chi connectivity index (χ3v) is 4.52. The van der Waals surface area contributed by atoms with Crippen LogP contribution < -0.4 is 0 Å². The highest BCUT2D eigenvalue weighted by molar-refractivity contribution is 7.90. The third-order valence-electron chi connectivity index (χ3n) is 2.45. The molecule has 1 aromatic rings. The first-order chi connectivity index (χ1) is 7.64. The molecule has 0 fully saturated rings. The SMILES string of the molecule is CC(C)c1c(Cl)nc(C(C)S(C)(=O)=O)nc1Cl. The predicted molar refractivity (Wildman–Crippen MR) is 69.4 cm³/mol. The number of nitrogens with zero attached hydrogens (tertiary/aromatic N) is 2. The molecule has 96 valence electrons. The van der Waals surface area contributed by atoms with Crippen molar-refractivity contribution < 1.29 is 8.42 Å². The van der Waals surface area contributed by atoms with E-state index in [1.807, 2.05) is 13.8 Å². The Labute approximate surface area is 111 Å². The van der Waals surface area contributed by atoms with Gasteiger partial charge < -0.3 is 0 Å². The van der Waals surface area contributed by atoms with Gasteiger partial charge in [0.15, 0.2) is 9.84 Å². The smallest absolute Gasteiger partial charge is 0.157 e. The van der Waals surface area contributed by atoms with Crippen molar-refractivity contribution in [2.75, 3.05) is 6.26 Å². The molecule has 0 saturated heterocycles. The maximum Gasteiger partial charge on any atom is 0.157 e. The van der Waals surface area contributed by atoms with E-state index in [2.05, 4.69) is 9.97 Å². The average Bonchev–Trinajstić information content (AvgIpc) is 2.13. The molecule has 1 atom stereocenters. The van der Waals surface area contributed by atoms with Crippen LogP contribution in [0.5, 0.6) is 0 Å². The van der Waals surface area contributed by atoms with Gasteiger partial charge in [-0.25, -0.2) is 18.4 Å². The molecule has 7 heteroatoms. The summed E-state index contributed by atoms with van der Waals surface area (Å²) in [7, 11) is -3.26. The molecule has 0 radical (unpaired) electrons. The van der Waals surface area contributed by atoms with Gasteiger partial charge >= 0.3 is 0 Å². The Morgan fingerprint density at radius 3 is 1.76 bits per heavy atom. The van der Waals surface area contributed by atoms with Crippen LogP contribution in [0.15, 0.2) is 0 Å². The Morgan fingerprint density at radius 1 is 1.06 bits per heavy atom. The predicted octanol–water partition coefficient (Wildman–Crippen LogP) is 3.01. The molecule has 0 amide bonds. The molecule has 1 unspecified atom stereocenters. The van der Waals surface area contributed by atoms with E-state index in [9.17, 15) is 8.42 Å². The van der Waals surface area contributed by atoms with Crippen LogP contribution in [0.3, 0.4) is 0 Å². The lowest BCUT2D eigenvalue weighted by Crippen LogP contribution is -2.13. The monoisotopic (exact) mass is 296 g/mol. The van der Waals surface area contributed by atoms with Gasteiger partial charge in [-0.1, -0.05) is 37.0 Å². The van der Waals surface area contributed by atoms with Gasteiger partial charge in [0.25, 0.3) is 0 Å². The molecular formula is C10H14Cl2N2O2S. The first-order valence-corrected chi connectivity index (χ1v) is 7.77. The maximum absolute atomic E-state index is 11.4. The molecule has 0 bridgehead atoms. The van der Waals surface area contributed by atoms with Gasteiger partial charge in [-0.15, -0.1) is 0 Å². The Bertz CT molecular complexity index is 506. The molecule has 0 aromatic carbocycles. The van der Waals surface area contributed by atoms with Crippen LogP contribution in [0.4, 0.5) is 0 Å². The number of hydrogen-bond donors (Lipinski definition) is 0. The first-order valence-electron chi connectivity index (χ1n) is 5.06. The summed E-state index contributed by atoms with van der Waals surface area (Å²) in [5.74, 6) is 0.212. The van der Waals surface area contributed by atoms with Gasteiger partial charge in [-0.3, -0.25) is 0 Å². The van der Waals surface area contributed by atoms with Crippen molar-refractivity contribution in [1.82, 2.24) is 9.97 Å². The second-order valence-corrected chi connectivity index (χ2v) is 7.29. The second-order valence-electron chi connectivity index (χ2n) is 4.20. The Kier molecular flexibility index (Phi) is 4.38. The summed E-state index contributed by atoms with van der Waals surface area (Å²) in [6.45, 7) is 5.33. The Hall–Kier alpha value is -0.390. The second kappa shape index (κ2) is 5.08. The van der Waals surface area contributed by atoms with E-state index in [0.29, 0.717) is 5.56 Å². The van der Waals surface area contributed by atoms with E-state index >= 15 is 0 Å². The molecule has 1 rings (SSSR count). The maximum atomic E-state index is 11.4. The standard InChI is InChI=1S/C10H14Cl2N2O2S/c1-5(2)7-8(11)13-10(14-9(7)12)6(3)17(4,15)16/h5-6H,1-4H3. The summed E-state index contributed by atoms with van der Waals surface area (Å²) < 4.78 is 22.8. The molecule has 0 spiro atoms. The Morgan fingerprint density at radius 2 is 1.47 bits per heavy atom. The molecule has 1 aromatic heterocycles. The van der Waals surface area contributed by atoms with Gasteiger partial charge in [0.05, 0.1) is 0 Å². The van der Waals surface area contributed by atoms with Gasteiger partial charge in [0.1, 0.15) is 21.4 Å². The van der Waals surface area contributed by atoms with Crippen LogP contribution in [0.2, 0.25) is 10.3 Å². The highest BCUT2D eigenvalue weighted by Crippen LogP contribution is 2.30. The minimum Gasteiger partial charge on any atom is -0.228 e. The highest BCUT2D eigenvalue weighted by atomic mass is 35.5. The van der Waals surface area contributed by atoms with Crippen molar-refractivity contribution in [1.29, 1.82) is 0 Å². The van der Waals surface area contributed by atoms with Crippen LogP contribution in [0.25, 0.3) is 0 Å². The number of sulfone groups is 1. The number of rotatable bonds is 3. The summed E-state index contributed by atoms with van der Waals surface area (Å²) in [5.41, 5.74) is 0.637. The molecule has 0 N–H and O–H groups in total. The van der Waals surface area contributed by atoms with Crippen LogP contribution in [0, 0.1) is 0 Å². The fourth-order valence-electron chi connectivity index (χ4n) is 1.28. The zero-order valence-corrected chi connectivity index (χ0v) is 12.4. The van der Waals surface area contributed by atoms with Crippen LogP contribution in [-0.4, -0.2) is 24.6 Å². The van der Waals surface area contributed by atoms with Gasteiger partial charge in [-0.2, -0.15) is 0 Å². The van der Waals surface area contributed by atoms with Crippen LogP contribution >= 0.6 is 23.2 Å². The molecule has 0 aliphatic carbocycles. The van der Waals surface area contributed by atoms with E-state index in [1.54, 1.807) is 0 Å². The summed E-state index contributed by atoms with van der Waals surface area (Å²) >= 11 is 12.0. The average molecular weight is 297 g/mol. The fourth-order valence-corrected chi connectivity index (χ4v) is 2.61. The minimum atomic E-state index is -3.26. The largest absolute Gasteiger partial charge is 0.228 e. The van der Waals surface area contributed by atoms with Gasteiger partial charge in [-0.05, 0) is 12.8 Å². The van der Waals surface area contributed by atoms with Crippen LogP contribution in [0.1, 0.15) is 43.3 Å². The van der Waals surface area contributed by atoms with E-state index in [1.165, 1.54) is 6.92 Å². The number of hydrogen-bond acceptors (Lipinski definition) is 4. The number of aromatic nitrogens is 2. The fraction of sp³-hybridized carbons (Fsp3) is 0.600. The lowest BCUT2D eigenvalue weighted by atomic mass is 10.1. The summed E-state index contributed by atoms with van der Waals surface area (Å²) in [4.78, 5) is 8.02. The zero-order valence-electron chi connectivity index (χ0n) is 10.0. The Balaban J connectivity index is 3.34. The third kappa shape index (κ3) is 3.30. The quantitative estimate of drug-likeness (QED) is 0.805. The van der Waals surface area contributed by atoms with Gasteiger partial charge in [0.2, 0.25) is 0 Å². The first kappa shape index (κ1) is 14.7. The van der Waals surface area contributed by atoms with Crippen molar-refractivity contribution in [3.8, 4) is 0 Å². The molecule has 4 nitrogen and oxygen atoms in total. The van der Waals surface area contributed by atoms with Crippen molar-refractivity contribution in [2.24, 2.45) is 0 Å². The van der Waals surface area contributed by atoms with Crippen molar-refractivity contribution in [3.63, 3.8) is 0 Å². The van der Waals surface area contributed by atoms with Crippen molar-refractivity contribution in [2.45, 2.75) is 31.9 Å². The topological polar surface area (TPSA) is 59.9 Å². The van der Waals surface area contributed by atoms with E-state index in [0.717, 1.165) is 6.26 Å². The highest BCUT2D eigenvalue weighted by Gasteiger charge is 2.23. The van der Waals surface area contributed by atoms with E-state index in [-0.39, 0.29) is 22.0 Å². The lowest BCUT2D eigenvalue weighted by Gasteiger charge is -2.13. The van der Waals surface area contributed by atoms with E-state index in [4.69, 9.17) is 23.2 Å². The van der Waals surface area contributed by atoms with Gasteiger partial charge in [0, 0.05) is 11.8 Å². The molecular weight excluding hydrogens is 283 g/mol. The number of halogens is 2. The molecule has 0 aliphatic rings. The van der Waals surface area contributed by atoms with Crippen molar-refractivity contribution in [3.05, 3.63) is 21.7 Å². The zero-order chi connectivity index (χ0) is 13.4. The molecule has 17 heavy (non-hydrogen) atoms. The van der Waals surface area contributed by atoms with E-state index < -0.39 is 15.1 Å². The minimum absolute atomic E-state index is 0.0811. The lowest BCUT2D eigenvalue weighted by molar-refractivity contribution is 0.589. The molecule has 0 aliphatic heterocycles. The summed E-state index contributed by atoms with van der Waals surface area (Å²) in [6, 6.07) is 0. The summed E-state index contributed by atoms with van der Waals surface area (Å²) in [5, 5.41) is -0.394. The molecule has 1 heterocycles. The van der Waals surface area contributed by atoms with Crippen molar-refractivity contribution >= 4 is 33.0 Å².